The minimum Gasteiger partial charge on any atom is -0.462 e. The molecule has 1 unspecified atom stereocenters. The molecule has 73 heavy (non-hydrogen) atoms. The van der Waals surface area contributed by atoms with Gasteiger partial charge in [0.05, 0.1) is 0 Å². The van der Waals surface area contributed by atoms with Crippen LogP contribution in [0, 0.1) is 0 Å². The van der Waals surface area contributed by atoms with Crippen molar-refractivity contribution in [2.24, 2.45) is 0 Å². The lowest BCUT2D eigenvalue weighted by molar-refractivity contribution is -0.167. The topological polar surface area (TPSA) is 78.9 Å². The normalized spacial score (nSPS) is 13.2. The molecule has 0 saturated heterocycles. The first-order valence-corrected chi connectivity index (χ1v) is 29.3. The lowest BCUT2D eigenvalue weighted by atomic mass is 10.1. The maximum Gasteiger partial charge on any atom is 0.306 e. The molecular formula is C67H106O6. The van der Waals surface area contributed by atoms with Crippen molar-refractivity contribution in [3.8, 4) is 0 Å². The smallest absolute Gasteiger partial charge is 0.306 e. The molecule has 0 N–H and O–H groups in total. The summed E-state index contributed by atoms with van der Waals surface area (Å²) in [6, 6.07) is 0. The number of esters is 3. The van der Waals surface area contributed by atoms with E-state index >= 15 is 0 Å². The summed E-state index contributed by atoms with van der Waals surface area (Å²) in [6.45, 7) is 6.33. The number of carbonyl (C=O) groups is 3. The second kappa shape index (κ2) is 59.8. The molecule has 0 saturated carbocycles. The van der Waals surface area contributed by atoms with Gasteiger partial charge >= 0.3 is 17.9 Å². The molecule has 0 aliphatic rings. The van der Waals surface area contributed by atoms with Crippen molar-refractivity contribution in [1.82, 2.24) is 0 Å². The Balaban J connectivity index is 4.39. The van der Waals surface area contributed by atoms with Gasteiger partial charge in [-0.05, 0) is 116 Å². The van der Waals surface area contributed by atoms with Crippen molar-refractivity contribution in [1.29, 1.82) is 0 Å². The highest BCUT2D eigenvalue weighted by Crippen LogP contribution is 2.14. The zero-order valence-electron chi connectivity index (χ0n) is 46.8. The van der Waals surface area contributed by atoms with Gasteiger partial charge in [0.2, 0.25) is 0 Å². The summed E-state index contributed by atoms with van der Waals surface area (Å²) in [5, 5.41) is 0. The van der Waals surface area contributed by atoms with Crippen molar-refractivity contribution in [2.45, 2.75) is 245 Å². The predicted octanol–water partition coefficient (Wildman–Crippen LogP) is 20.0. The monoisotopic (exact) mass is 1010 g/mol. The molecule has 0 aromatic heterocycles. The molecule has 0 amide bonds. The van der Waals surface area contributed by atoms with Crippen LogP contribution in [0.25, 0.3) is 0 Å². The first-order valence-electron chi connectivity index (χ1n) is 29.3. The summed E-state index contributed by atoms with van der Waals surface area (Å²) in [4.78, 5) is 38.0. The van der Waals surface area contributed by atoms with E-state index in [1.807, 2.05) is 0 Å². The Morgan fingerprint density at radius 2 is 0.548 bits per heavy atom. The maximum atomic E-state index is 12.8. The van der Waals surface area contributed by atoms with Crippen molar-refractivity contribution >= 4 is 17.9 Å². The van der Waals surface area contributed by atoms with E-state index < -0.39 is 6.10 Å². The van der Waals surface area contributed by atoms with Crippen LogP contribution < -0.4 is 0 Å². The lowest BCUT2D eigenvalue weighted by Gasteiger charge is -2.18. The molecular weight excluding hydrogens is 901 g/mol. The number of allylic oxidation sites excluding steroid dienone is 24. The fourth-order valence-corrected chi connectivity index (χ4v) is 7.52. The van der Waals surface area contributed by atoms with Gasteiger partial charge in [-0.1, -0.05) is 250 Å². The average molecular weight is 1010 g/mol. The molecule has 0 heterocycles. The zero-order chi connectivity index (χ0) is 52.9. The zero-order valence-corrected chi connectivity index (χ0v) is 46.8. The van der Waals surface area contributed by atoms with Crippen LogP contribution in [0.4, 0.5) is 0 Å². The van der Waals surface area contributed by atoms with E-state index in [0.29, 0.717) is 19.3 Å². The van der Waals surface area contributed by atoms with Gasteiger partial charge in [0.25, 0.3) is 0 Å². The highest BCUT2D eigenvalue weighted by molar-refractivity contribution is 5.71. The van der Waals surface area contributed by atoms with Crippen LogP contribution in [0.2, 0.25) is 0 Å². The summed E-state index contributed by atoms with van der Waals surface area (Å²) in [6.07, 6.45) is 85.7. The Kier molecular flexibility index (Phi) is 56.0. The molecule has 0 aliphatic carbocycles. The molecule has 0 aliphatic heterocycles. The van der Waals surface area contributed by atoms with Gasteiger partial charge in [0, 0.05) is 19.3 Å². The summed E-state index contributed by atoms with van der Waals surface area (Å²) in [5.41, 5.74) is 0. The number of carbonyl (C=O) groups excluding carboxylic acids is 3. The minimum absolute atomic E-state index is 0.104. The van der Waals surface area contributed by atoms with Crippen LogP contribution in [-0.2, 0) is 28.6 Å². The van der Waals surface area contributed by atoms with Crippen LogP contribution in [0.1, 0.15) is 239 Å². The van der Waals surface area contributed by atoms with E-state index in [1.165, 1.54) is 57.8 Å². The molecule has 6 heteroatoms. The number of hydrogen-bond acceptors (Lipinski definition) is 6. The van der Waals surface area contributed by atoms with Gasteiger partial charge in [0.15, 0.2) is 6.10 Å². The first kappa shape index (κ1) is 68.3. The largest absolute Gasteiger partial charge is 0.462 e. The second-order valence-corrected chi connectivity index (χ2v) is 18.8. The molecule has 0 aromatic rings. The summed E-state index contributed by atoms with van der Waals surface area (Å²) in [5.74, 6) is -0.985. The standard InChI is InChI=1S/C67H106O6/c1-4-7-10-13-16-19-21-23-25-27-28-29-30-31-32-33-34-35-36-37-38-40-41-43-45-48-51-54-57-60-66(69)72-63-64(62-71-65(68)59-56-53-50-47-18-15-12-9-6-3)73-67(70)61-58-55-52-49-46-44-42-39-26-24-22-20-17-14-11-8-5-2/h7-8,10-11,16-17,19-20,23-26,28-29,31-32,34-35,37-38,41,43,48,51,64H,4-6,9,12-15,18,21-22,27,30,33,36,39-40,42,44-47,49-50,52-63H2,1-3H3/b10-7-,11-8-,19-16-,20-17-,25-23-,26-24-,29-28-,32-31-,35-34-,38-37-,43-41-,51-48-. The summed E-state index contributed by atoms with van der Waals surface area (Å²) in [7, 11) is 0. The van der Waals surface area contributed by atoms with Crippen LogP contribution in [0.15, 0.2) is 146 Å². The Bertz CT molecular complexity index is 1630. The molecule has 0 aromatic carbocycles. The molecule has 0 bridgehead atoms. The molecule has 0 rings (SSSR count). The Hall–Kier alpha value is -4.71. The number of rotatable bonds is 51. The van der Waals surface area contributed by atoms with Gasteiger partial charge in [-0.3, -0.25) is 14.4 Å². The summed E-state index contributed by atoms with van der Waals surface area (Å²) >= 11 is 0. The fraction of sp³-hybridized carbons (Fsp3) is 0.597. The van der Waals surface area contributed by atoms with Gasteiger partial charge in [-0.25, -0.2) is 0 Å². The van der Waals surface area contributed by atoms with Crippen LogP contribution in [0.5, 0.6) is 0 Å². The van der Waals surface area contributed by atoms with Crippen molar-refractivity contribution in [3.63, 3.8) is 0 Å². The Labute approximate surface area is 448 Å². The fourth-order valence-electron chi connectivity index (χ4n) is 7.52. The third kappa shape index (κ3) is 58.1. The van der Waals surface area contributed by atoms with E-state index in [4.69, 9.17) is 14.2 Å². The quantitative estimate of drug-likeness (QED) is 0.0261. The number of unbranched alkanes of at least 4 members (excludes halogenated alkanes) is 16. The third-order valence-electron chi connectivity index (χ3n) is 11.8. The SMILES string of the molecule is CC/C=C\C/C=C\C/C=C\C/C=C\C/C=C\C/C=C\C/C=C\C/C=C\C/C=C\CCCC(=O)OCC(COC(=O)CCCCCCCCCCC)OC(=O)CCCCCCCCC/C=C\C/C=C\C/C=C\CC. The van der Waals surface area contributed by atoms with Gasteiger partial charge < -0.3 is 14.2 Å². The van der Waals surface area contributed by atoms with Crippen LogP contribution in [0.3, 0.4) is 0 Å². The second-order valence-electron chi connectivity index (χ2n) is 18.8. The van der Waals surface area contributed by atoms with Crippen LogP contribution in [-0.4, -0.2) is 37.2 Å². The molecule has 6 nitrogen and oxygen atoms in total. The Morgan fingerprint density at radius 1 is 0.288 bits per heavy atom. The molecule has 0 radical (unpaired) electrons. The van der Waals surface area contributed by atoms with Crippen molar-refractivity contribution in [3.05, 3.63) is 146 Å². The van der Waals surface area contributed by atoms with E-state index in [0.717, 1.165) is 135 Å². The highest BCUT2D eigenvalue weighted by Gasteiger charge is 2.19. The van der Waals surface area contributed by atoms with Gasteiger partial charge in [0.1, 0.15) is 13.2 Å². The lowest BCUT2D eigenvalue weighted by Crippen LogP contribution is -2.30. The van der Waals surface area contributed by atoms with Crippen molar-refractivity contribution in [2.75, 3.05) is 13.2 Å². The van der Waals surface area contributed by atoms with E-state index in [1.54, 1.807) is 0 Å². The molecule has 1 atom stereocenters. The molecule has 0 spiro atoms. The molecule has 410 valence electrons. The van der Waals surface area contributed by atoms with E-state index in [2.05, 4.69) is 167 Å². The summed E-state index contributed by atoms with van der Waals surface area (Å²) < 4.78 is 16.8. The van der Waals surface area contributed by atoms with Crippen molar-refractivity contribution < 1.29 is 28.6 Å². The van der Waals surface area contributed by atoms with E-state index in [-0.39, 0.29) is 37.5 Å². The van der Waals surface area contributed by atoms with Gasteiger partial charge in [-0.15, -0.1) is 0 Å². The third-order valence-corrected chi connectivity index (χ3v) is 11.8. The van der Waals surface area contributed by atoms with E-state index in [9.17, 15) is 14.4 Å². The van der Waals surface area contributed by atoms with Crippen LogP contribution >= 0.6 is 0 Å². The average Bonchev–Trinajstić information content (AvgIpc) is 3.39. The van der Waals surface area contributed by atoms with Gasteiger partial charge in [-0.2, -0.15) is 0 Å². The maximum absolute atomic E-state index is 12.8. The highest BCUT2D eigenvalue weighted by atomic mass is 16.6. The predicted molar refractivity (Wildman–Crippen MR) is 315 cm³/mol. The molecule has 0 fully saturated rings. The number of ether oxygens (including phenoxy) is 3. The first-order chi connectivity index (χ1) is 36.0. The number of hydrogen-bond donors (Lipinski definition) is 0. The minimum atomic E-state index is -0.810. The Morgan fingerprint density at radius 3 is 0.890 bits per heavy atom.